The summed E-state index contributed by atoms with van der Waals surface area (Å²) in [5, 5.41) is 7.82. The summed E-state index contributed by atoms with van der Waals surface area (Å²) in [5.41, 5.74) is 4.27. The summed E-state index contributed by atoms with van der Waals surface area (Å²) in [6.07, 6.45) is 0. The number of nitrogens with one attached hydrogen (secondary N) is 2. The predicted molar refractivity (Wildman–Crippen MR) is 138 cm³/mol. The number of amides is 2. The molecule has 2 N–H and O–H groups in total. The molecule has 0 radical (unpaired) electrons. The van der Waals surface area contributed by atoms with Crippen molar-refractivity contribution in [3.63, 3.8) is 0 Å². The average molecular weight is 455 g/mol. The maximum Gasteiger partial charge on any atom is 0.255 e. The largest absolute Gasteiger partial charge is 0.325 e. The van der Waals surface area contributed by atoms with Gasteiger partial charge in [-0.25, -0.2) is 0 Å². The molecule has 0 aliphatic heterocycles. The van der Waals surface area contributed by atoms with E-state index < -0.39 is 0 Å². The fourth-order valence-electron chi connectivity index (χ4n) is 3.54. The first-order valence-corrected chi connectivity index (χ1v) is 11.7. The van der Waals surface area contributed by atoms with Crippen LogP contribution in [-0.4, -0.2) is 17.1 Å². The van der Waals surface area contributed by atoms with E-state index in [1.54, 1.807) is 0 Å². The van der Waals surface area contributed by atoms with Crippen LogP contribution >= 0.6 is 11.8 Å². The van der Waals surface area contributed by atoms with E-state index >= 15 is 0 Å². The molecule has 1 atom stereocenters. The Kier molecular flexibility index (Phi) is 6.80. The highest BCUT2D eigenvalue weighted by Crippen LogP contribution is 2.27. The molecule has 0 spiro atoms. The van der Waals surface area contributed by atoms with Crippen molar-refractivity contribution in [3.05, 3.63) is 102 Å². The second-order valence-corrected chi connectivity index (χ2v) is 9.53. The van der Waals surface area contributed by atoms with Crippen LogP contribution < -0.4 is 10.6 Å². The number of hydrogen-bond donors (Lipinski definition) is 2. The molecular weight excluding hydrogens is 428 g/mol. The quantitative estimate of drug-likeness (QED) is 0.314. The second-order valence-electron chi connectivity index (χ2n) is 8.11. The van der Waals surface area contributed by atoms with Crippen molar-refractivity contribution >= 4 is 45.7 Å². The van der Waals surface area contributed by atoms with Gasteiger partial charge in [0.15, 0.2) is 0 Å². The molecule has 0 saturated heterocycles. The Morgan fingerprint density at radius 1 is 0.788 bits per heavy atom. The zero-order valence-corrected chi connectivity index (χ0v) is 19.7. The summed E-state index contributed by atoms with van der Waals surface area (Å²) in [6.45, 7) is 5.87. The molecule has 0 bridgehead atoms. The average Bonchev–Trinajstić information content (AvgIpc) is 2.81. The third-order valence-corrected chi connectivity index (χ3v) is 6.53. The highest BCUT2D eigenvalue weighted by Gasteiger charge is 2.16. The molecule has 5 heteroatoms. The Morgan fingerprint density at radius 2 is 1.58 bits per heavy atom. The number of thioether (sulfide) groups is 1. The third-order valence-electron chi connectivity index (χ3n) is 5.44. The third kappa shape index (κ3) is 5.62. The van der Waals surface area contributed by atoms with Gasteiger partial charge in [0.1, 0.15) is 0 Å². The molecule has 0 saturated carbocycles. The molecule has 4 aromatic rings. The van der Waals surface area contributed by atoms with Gasteiger partial charge in [-0.05, 0) is 79.1 Å². The number of carbonyl (C=O) groups is 2. The van der Waals surface area contributed by atoms with Crippen LogP contribution in [0.1, 0.15) is 28.4 Å². The van der Waals surface area contributed by atoms with Crippen LogP contribution in [-0.2, 0) is 4.79 Å². The first kappa shape index (κ1) is 22.6. The molecule has 0 aromatic heterocycles. The Balaban J connectivity index is 1.42. The van der Waals surface area contributed by atoms with E-state index in [0.717, 1.165) is 32.5 Å². The summed E-state index contributed by atoms with van der Waals surface area (Å²) in [6, 6.07) is 27.2. The minimum absolute atomic E-state index is 0.0562. The zero-order valence-electron chi connectivity index (χ0n) is 18.9. The van der Waals surface area contributed by atoms with E-state index in [0.29, 0.717) is 11.3 Å². The van der Waals surface area contributed by atoms with E-state index in [9.17, 15) is 9.59 Å². The van der Waals surface area contributed by atoms with E-state index in [-0.39, 0.29) is 17.1 Å². The van der Waals surface area contributed by atoms with Crippen molar-refractivity contribution in [1.82, 2.24) is 0 Å². The number of benzene rings is 4. The van der Waals surface area contributed by atoms with Crippen LogP contribution in [0.4, 0.5) is 11.4 Å². The number of anilines is 2. The van der Waals surface area contributed by atoms with E-state index in [2.05, 4.69) is 10.6 Å². The normalized spacial score (nSPS) is 11.7. The van der Waals surface area contributed by atoms with E-state index in [4.69, 9.17) is 0 Å². The number of rotatable bonds is 6. The molecule has 0 aliphatic rings. The fourth-order valence-corrected chi connectivity index (χ4v) is 4.47. The number of hydrogen-bond acceptors (Lipinski definition) is 3. The first-order valence-electron chi connectivity index (χ1n) is 10.8. The lowest BCUT2D eigenvalue weighted by atomic mass is 10.1. The molecule has 0 aliphatic carbocycles. The van der Waals surface area contributed by atoms with Crippen LogP contribution in [0.2, 0.25) is 0 Å². The van der Waals surface area contributed by atoms with Crippen molar-refractivity contribution in [2.75, 3.05) is 10.6 Å². The zero-order chi connectivity index (χ0) is 23.4. The maximum atomic E-state index is 12.8. The van der Waals surface area contributed by atoms with Gasteiger partial charge in [-0.15, -0.1) is 11.8 Å². The van der Waals surface area contributed by atoms with Crippen molar-refractivity contribution < 1.29 is 9.59 Å². The lowest BCUT2D eigenvalue weighted by Gasteiger charge is -2.15. The first-order chi connectivity index (χ1) is 15.9. The molecule has 0 heterocycles. The van der Waals surface area contributed by atoms with Crippen LogP contribution in [0.5, 0.6) is 0 Å². The van der Waals surface area contributed by atoms with Gasteiger partial charge in [0, 0.05) is 21.8 Å². The van der Waals surface area contributed by atoms with Gasteiger partial charge >= 0.3 is 0 Å². The molecule has 0 fully saturated rings. The minimum Gasteiger partial charge on any atom is -0.325 e. The number of carbonyl (C=O) groups excluding carboxylic acids is 2. The minimum atomic E-state index is -0.295. The van der Waals surface area contributed by atoms with Gasteiger partial charge < -0.3 is 10.6 Å². The maximum absolute atomic E-state index is 12.8. The van der Waals surface area contributed by atoms with Crippen LogP contribution in [0.25, 0.3) is 10.8 Å². The summed E-state index contributed by atoms with van der Waals surface area (Å²) < 4.78 is 0. The lowest BCUT2D eigenvalue weighted by Crippen LogP contribution is -2.22. The molecule has 4 nitrogen and oxygen atoms in total. The van der Waals surface area contributed by atoms with Crippen molar-refractivity contribution in [2.45, 2.75) is 30.9 Å². The highest BCUT2D eigenvalue weighted by molar-refractivity contribution is 8.00. The van der Waals surface area contributed by atoms with Gasteiger partial charge in [-0.2, -0.15) is 0 Å². The van der Waals surface area contributed by atoms with Crippen molar-refractivity contribution in [1.29, 1.82) is 0 Å². The standard InChI is InChI=1S/C28H26N2O2S/c1-18-11-12-19(2)26(15-18)30-27(31)20(3)33-25-10-6-9-24(17-25)29-28(32)23-14-13-21-7-4-5-8-22(21)16-23/h4-17,20H,1-3H3,(H,29,32)(H,30,31). The van der Waals surface area contributed by atoms with Crippen molar-refractivity contribution in [2.24, 2.45) is 0 Å². The van der Waals surface area contributed by atoms with Crippen LogP contribution in [0, 0.1) is 13.8 Å². The number of fused-ring (bicyclic) bond motifs is 1. The molecule has 4 aromatic carbocycles. The highest BCUT2D eigenvalue weighted by atomic mass is 32.2. The Bertz CT molecular complexity index is 1330. The molecule has 1 unspecified atom stereocenters. The van der Waals surface area contributed by atoms with E-state index in [1.165, 1.54) is 11.8 Å². The summed E-state index contributed by atoms with van der Waals surface area (Å²) >= 11 is 1.46. The van der Waals surface area contributed by atoms with Crippen molar-refractivity contribution in [3.8, 4) is 0 Å². The SMILES string of the molecule is Cc1ccc(C)c(NC(=O)C(C)Sc2cccc(NC(=O)c3ccc4ccccc4c3)c2)c1. The fraction of sp³-hybridized carbons (Fsp3) is 0.143. The molecule has 2 amide bonds. The molecule has 33 heavy (non-hydrogen) atoms. The van der Waals surface area contributed by atoms with Crippen LogP contribution in [0.3, 0.4) is 0 Å². The predicted octanol–water partition coefficient (Wildman–Crippen LogP) is 6.83. The molecular formula is C28H26N2O2S. The summed E-state index contributed by atoms with van der Waals surface area (Å²) in [5.74, 6) is -0.220. The Hall–Kier alpha value is -3.57. The summed E-state index contributed by atoms with van der Waals surface area (Å²) in [7, 11) is 0. The Morgan fingerprint density at radius 3 is 2.39 bits per heavy atom. The smallest absolute Gasteiger partial charge is 0.255 e. The monoisotopic (exact) mass is 454 g/mol. The topological polar surface area (TPSA) is 58.2 Å². The van der Waals surface area contributed by atoms with Gasteiger partial charge in [0.05, 0.1) is 5.25 Å². The molecule has 4 rings (SSSR count). The van der Waals surface area contributed by atoms with Crippen LogP contribution in [0.15, 0.2) is 89.8 Å². The second kappa shape index (κ2) is 9.92. The van der Waals surface area contributed by atoms with Gasteiger partial charge in [-0.1, -0.05) is 48.5 Å². The lowest BCUT2D eigenvalue weighted by molar-refractivity contribution is -0.115. The number of aryl methyl sites for hydroxylation is 2. The summed E-state index contributed by atoms with van der Waals surface area (Å²) in [4.78, 5) is 26.4. The Labute approximate surface area is 198 Å². The van der Waals surface area contributed by atoms with Gasteiger partial charge in [0.25, 0.3) is 5.91 Å². The van der Waals surface area contributed by atoms with Gasteiger partial charge in [0.2, 0.25) is 5.91 Å². The van der Waals surface area contributed by atoms with E-state index in [1.807, 2.05) is 106 Å². The van der Waals surface area contributed by atoms with Gasteiger partial charge in [-0.3, -0.25) is 9.59 Å². The molecule has 166 valence electrons.